The average molecular weight is 246 g/mol. The van der Waals surface area contributed by atoms with Crippen molar-refractivity contribution in [1.82, 2.24) is 10.2 Å². The van der Waals surface area contributed by atoms with Crippen LogP contribution in [0.4, 0.5) is 0 Å². The average Bonchev–Trinajstić information content (AvgIpc) is 2.37. The summed E-state index contributed by atoms with van der Waals surface area (Å²) in [6, 6.07) is -0.253. The van der Waals surface area contributed by atoms with E-state index in [1.54, 1.807) is 7.11 Å². The van der Waals surface area contributed by atoms with Gasteiger partial charge in [0.25, 0.3) is 0 Å². The molecule has 0 aliphatic heterocycles. The van der Waals surface area contributed by atoms with Crippen molar-refractivity contribution in [2.24, 2.45) is 0 Å². The molecule has 17 heavy (non-hydrogen) atoms. The lowest BCUT2D eigenvalue weighted by atomic mass is 10.2. The van der Waals surface area contributed by atoms with Gasteiger partial charge in [-0.15, -0.1) is 0 Å². The maximum absolute atomic E-state index is 11.6. The highest BCUT2D eigenvalue weighted by atomic mass is 16.5. The summed E-state index contributed by atoms with van der Waals surface area (Å²) in [6.45, 7) is 8.02. The number of rotatable bonds is 10. The first kappa shape index (κ1) is 16.4. The molecule has 1 atom stereocenters. The second kappa shape index (κ2) is 10.5. The van der Waals surface area contributed by atoms with Crippen LogP contribution in [-0.4, -0.2) is 63.9 Å². The Kier molecular flexibility index (Phi) is 10.1. The number of carbonyl (C=O) groups excluding carboxylic acids is 1. The first-order chi connectivity index (χ1) is 8.19. The van der Waals surface area contributed by atoms with Crippen molar-refractivity contribution in [2.45, 2.75) is 26.3 Å². The molecule has 0 spiro atoms. The molecule has 0 rings (SSSR count). The van der Waals surface area contributed by atoms with Gasteiger partial charge in [-0.1, -0.05) is 13.8 Å². The second-order valence-corrected chi connectivity index (χ2v) is 3.92. The van der Waals surface area contributed by atoms with E-state index in [-0.39, 0.29) is 12.0 Å². The molecule has 0 aliphatic carbocycles. The Bertz CT molecular complexity index is 200. The van der Waals surface area contributed by atoms with Gasteiger partial charge >= 0.3 is 5.97 Å². The maximum atomic E-state index is 11.6. The molecular weight excluding hydrogens is 220 g/mol. The van der Waals surface area contributed by atoms with Gasteiger partial charge in [-0.3, -0.25) is 9.69 Å². The highest BCUT2D eigenvalue weighted by Crippen LogP contribution is 1.96. The monoisotopic (exact) mass is 246 g/mol. The van der Waals surface area contributed by atoms with Crippen molar-refractivity contribution in [3.63, 3.8) is 0 Å². The van der Waals surface area contributed by atoms with E-state index in [2.05, 4.69) is 24.1 Å². The van der Waals surface area contributed by atoms with Crippen molar-refractivity contribution in [3.05, 3.63) is 0 Å². The lowest BCUT2D eigenvalue weighted by molar-refractivity contribution is -0.143. The van der Waals surface area contributed by atoms with Gasteiger partial charge in [-0.2, -0.15) is 0 Å². The molecular formula is C12H26N2O3. The van der Waals surface area contributed by atoms with E-state index < -0.39 is 0 Å². The van der Waals surface area contributed by atoms with Gasteiger partial charge in [-0.25, -0.2) is 0 Å². The molecule has 0 aromatic heterocycles. The number of hydrogen-bond acceptors (Lipinski definition) is 5. The summed E-state index contributed by atoms with van der Waals surface area (Å²) in [6.07, 6.45) is 0.998. The van der Waals surface area contributed by atoms with Gasteiger partial charge in [0.15, 0.2) is 0 Å². The standard InChI is InChI=1S/C12H26N2O3/c1-5-7-13-11(12(15)17-4)10-14(6-2)8-9-16-3/h11,13H,5-10H2,1-4H3. The Balaban J connectivity index is 4.21. The molecule has 0 saturated heterocycles. The molecule has 0 fully saturated rings. The SMILES string of the molecule is CCCNC(CN(CC)CCOC)C(=O)OC. The van der Waals surface area contributed by atoms with Gasteiger partial charge in [0.2, 0.25) is 0 Å². The minimum Gasteiger partial charge on any atom is -0.468 e. The van der Waals surface area contributed by atoms with E-state index >= 15 is 0 Å². The highest BCUT2D eigenvalue weighted by Gasteiger charge is 2.20. The fourth-order valence-electron chi connectivity index (χ4n) is 1.54. The van der Waals surface area contributed by atoms with Crippen molar-refractivity contribution >= 4 is 5.97 Å². The van der Waals surface area contributed by atoms with Gasteiger partial charge in [-0.05, 0) is 19.5 Å². The van der Waals surface area contributed by atoms with Crippen LogP contribution in [-0.2, 0) is 14.3 Å². The quantitative estimate of drug-likeness (QED) is 0.569. The molecule has 5 heteroatoms. The molecule has 0 aromatic carbocycles. The smallest absolute Gasteiger partial charge is 0.324 e. The Morgan fingerprint density at radius 3 is 2.53 bits per heavy atom. The zero-order valence-electron chi connectivity index (χ0n) is 11.5. The predicted octanol–water partition coefficient (Wildman–Crippen LogP) is 0.496. The van der Waals surface area contributed by atoms with Crippen LogP contribution in [0.5, 0.6) is 0 Å². The summed E-state index contributed by atoms with van der Waals surface area (Å²) in [5, 5.41) is 3.20. The van der Waals surface area contributed by atoms with Crippen LogP contribution in [0.15, 0.2) is 0 Å². The molecule has 1 unspecified atom stereocenters. The molecule has 0 radical (unpaired) electrons. The number of likely N-dealkylation sites (N-methyl/N-ethyl adjacent to an activating group) is 1. The van der Waals surface area contributed by atoms with E-state index in [4.69, 9.17) is 9.47 Å². The molecule has 0 heterocycles. The normalized spacial score (nSPS) is 12.8. The van der Waals surface area contributed by atoms with E-state index in [1.807, 2.05) is 0 Å². The first-order valence-electron chi connectivity index (χ1n) is 6.22. The van der Waals surface area contributed by atoms with Crippen LogP contribution in [0.2, 0.25) is 0 Å². The molecule has 1 N–H and O–H groups in total. The fourth-order valence-corrected chi connectivity index (χ4v) is 1.54. The van der Waals surface area contributed by atoms with E-state index in [0.717, 1.165) is 26.1 Å². The molecule has 0 aromatic rings. The number of carbonyl (C=O) groups is 1. The lowest BCUT2D eigenvalue weighted by Gasteiger charge is -2.25. The summed E-state index contributed by atoms with van der Waals surface area (Å²) < 4.78 is 9.85. The number of methoxy groups -OCH3 is 2. The maximum Gasteiger partial charge on any atom is 0.324 e. The van der Waals surface area contributed by atoms with Gasteiger partial charge in [0.1, 0.15) is 6.04 Å². The molecule has 102 valence electrons. The van der Waals surface area contributed by atoms with E-state index in [1.165, 1.54) is 7.11 Å². The number of nitrogens with zero attached hydrogens (tertiary/aromatic N) is 1. The lowest BCUT2D eigenvalue weighted by Crippen LogP contribution is -2.47. The molecule has 0 saturated carbocycles. The van der Waals surface area contributed by atoms with Crippen molar-refractivity contribution in [2.75, 3.05) is 47.0 Å². The summed E-state index contributed by atoms with van der Waals surface area (Å²) in [5.74, 6) is -0.200. The number of nitrogens with one attached hydrogen (secondary N) is 1. The molecule has 0 aliphatic rings. The van der Waals surface area contributed by atoms with Crippen LogP contribution >= 0.6 is 0 Å². The van der Waals surface area contributed by atoms with E-state index in [0.29, 0.717) is 13.2 Å². The Morgan fingerprint density at radius 2 is 2.06 bits per heavy atom. The molecule has 0 amide bonds. The van der Waals surface area contributed by atoms with Gasteiger partial charge < -0.3 is 14.8 Å². The third-order valence-electron chi connectivity index (χ3n) is 2.63. The van der Waals surface area contributed by atoms with Crippen LogP contribution in [0, 0.1) is 0 Å². The van der Waals surface area contributed by atoms with Gasteiger partial charge in [0, 0.05) is 20.2 Å². The van der Waals surface area contributed by atoms with Gasteiger partial charge in [0.05, 0.1) is 13.7 Å². The van der Waals surface area contributed by atoms with Crippen LogP contribution in [0.25, 0.3) is 0 Å². The first-order valence-corrected chi connectivity index (χ1v) is 6.22. The Hall–Kier alpha value is -0.650. The number of ether oxygens (including phenoxy) is 2. The summed E-state index contributed by atoms with van der Waals surface area (Å²) in [5.41, 5.74) is 0. The number of esters is 1. The number of hydrogen-bond donors (Lipinski definition) is 1. The molecule has 5 nitrogen and oxygen atoms in total. The van der Waals surface area contributed by atoms with Crippen molar-refractivity contribution in [3.8, 4) is 0 Å². The highest BCUT2D eigenvalue weighted by molar-refractivity contribution is 5.75. The zero-order chi connectivity index (χ0) is 13.1. The summed E-state index contributed by atoms with van der Waals surface area (Å²) in [4.78, 5) is 13.8. The van der Waals surface area contributed by atoms with E-state index in [9.17, 15) is 4.79 Å². The topological polar surface area (TPSA) is 50.8 Å². The predicted molar refractivity (Wildman–Crippen MR) is 68.1 cm³/mol. The minimum absolute atomic E-state index is 0.200. The Labute approximate surface area is 104 Å². The second-order valence-electron chi connectivity index (χ2n) is 3.92. The minimum atomic E-state index is -0.253. The third kappa shape index (κ3) is 7.31. The third-order valence-corrected chi connectivity index (χ3v) is 2.63. The summed E-state index contributed by atoms with van der Waals surface area (Å²) in [7, 11) is 3.11. The van der Waals surface area contributed by atoms with Crippen LogP contribution < -0.4 is 5.32 Å². The van der Waals surface area contributed by atoms with Crippen LogP contribution in [0.3, 0.4) is 0 Å². The van der Waals surface area contributed by atoms with Crippen molar-refractivity contribution < 1.29 is 14.3 Å². The fraction of sp³-hybridized carbons (Fsp3) is 0.917. The van der Waals surface area contributed by atoms with Crippen LogP contribution in [0.1, 0.15) is 20.3 Å². The molecule has 0 bridgehead atoms. The largest absolute Gasteiger partial charge is 0.468 e. The summed E-state index contributed by atoms with van der Waals surface area (Å²) >= 11 is 0. The van der Waals surface area contributed by atoms with Crippen molar-refractivity contribution in [1.29, 1.82) is 0 Å². The zero-order valence-corrected chi connectivity index (χ0v) is 11.5. The Morgan fingerprint density at radius 1 is 1.35 bits per heavy atom.